The Balaban J connectivity index is 1.72. The summed E-state index contributed by atoms with van der Waals surface area (Å²) in [5.74, 6) is 1.96. The van der Waals surface area contributed by atoms with Gasteiger partial charge in [-0.15, -0.1) is 16.8 Å². The molecule has 0 saturated heterocycles. The van der Waals surface area contributed by atoms with Crippen molar-refractivity contribution in [2.75, 3.05) is 0 Å². The number of rotatable bonds is 8. The van der Waals surface area contributed by atoms with Crippen LogP contribution in [0.4, 0.5) is 4.39 Å². The van der Waals surface area contributed by atoms with Gasteiger partial charge in [-0.1, -0.05) is 42.1 Å². The number of nitrogens with zero attached hydrogens (tertiary/aromatic N) is 3. The summed E-state index contributed by atoms with van der Waals surface area (Å²) in [5, 5.41) is 9.32. The molecule has 0 aliphatic heterocycles. The first kappa shape index (κ1) is 19.2. The third kappa shape index (κ3) is 4.77. The van der Waals surface area contributed by atoms with Crippen LogP contribution in [0.2, 0.25) is 0 Å². The van der Waals surface area contributed by atoms with Crippen LogP contribution in [0.25, 0.3) is 0 Å². The van der Waals surface area contributed by atoms with Gasteiger partial charge in [-0.25, -0.2) is 4.39 Å². The van der Waals surface area contributed by atoms with E-state index < -0.39 is 0 Å². The summed E-state index contributed by atoms with van der Waals surface area (Å²) in [6.45, 7) is 8.83. The predicted molar refractivity (Wildman–Crippen MR) is 106 cm³/mol. The van der Waals surface area contributed by atoms with E-state index in [0.717, 1.165) is 27.9 Å². The highest BCUT2D eigenvalue weighted by Crippen LogP contribution is 2.24. The molecule has 0 fully saturated rings. The van der Waals surface area contributed by atoms with E-state index in [1.807, 2.05) is 29.7 Å². The van der Waals surface area contributed by atoms with Crippen LogP contribution >= 0.6 is 11.8 Å². The molecule has 3 aromatic rings. The maximum absolute atomic E-state index is 13.3. The summed E-state index contributed by atoms with van der Waals surface area (Å²) in [6.07, 6.45) is 1.80. The van der Waals surface area contributed by atoms with Gasteiger partial charge in [-0.3, -0.25) is 4.57 Å². The zero-order chi connectivity index (χ0) is 19.2. The smallest absolute Gasteiger partial charge is 0.191 e. The third-order valence-electron chi connectivity index (χ3n) is 4.27. The van der Waals surface area contributed by atoms with Crippen LogP contribution in [0.5, 0.6) is 5.75 Å². The normalized spacial score (nSPS) is 10.8. The zero-order valence-corrected chi connectivity index (χ0v) is 16.3. The van der Waals surface area contributed by atoms with Crippen molar-refractivity contribution in [3.05, 3.63) is 83.5 Å². The molecule has 2 aromatic carbocycles. The van der Waals surface area contributed by atoms with Gasteiger partial charge in [0.15, 0.2) is 11.0 Å². The van der Waals surface area contributed by atoms with Gasteiger partial charge < -0.3 is 4.74 Å². The number of halogens is 1. The number of benzene rings is 2. The van der Waals surface area contributed by atoms with E-state index in [4.69, 9.17) is 4.74 Å². The molecule has 0 saturated carbocycles. The Labute approximate surface area is 163 Å². The second-order valence-electron chi connectivity index (χ2n) is 6.20. The van der Waals surface area contributed by atoms with Crippen LogP contribution in [0.1, 0.15) is 22.5 Å². The van der Waals surface area contributed by atoms with Crippen LogP contribution in [-0.2, 0) is 18.9 Å². The van der Waals surface area contributed by atoms with Gasteiger partial charge in [0.05, 0.1) is 0 Å². The second kappa shape index (κ2) is 8.86. The van der Waals surface area contributed by atoms with Crippen LogP contribution in [0, 0.1) is 19.7 Å². The minimum absolute atomic E-state index is 0.233. The Bertz CT molecular complexity index is 939. The Morgan fingerprint density at radius 1 is 1.19 bits per heavy atom. The van der Waals surface area contributed by atoms with Gasteiger partial charge in [0.25, 0.3) is 0 Å². The Morgan fingerprint density at radius 3 is 2.78 bits per heavy atom. The number of ether oxygens (including phenoxy) is 1. The molecule has 3 rings (SSSR count). The average molecular weight is 383 g/mol. The zero-order valence-electron chi connectivity index (χ0n) is 15.5. The highest BCUT2D eigenvalue weighted by Gasteiger charge is 2.13. The number of thioether (sulfide) groups is 1. The van der Waals surface area contributed by atoms with Gasteiger partial charge in [-0.2, -0.15) is 0 Å². The SMILES string of the molecule is C=CCn1c(COc2cccc(C)c2C)nnc1SCc1cccc(F)c1. The fraction of sp³-hybridized carbons (Fsp3) is 0.238. The van der Waals surface area contributed by atoms with Crippen molar-refractivity contribution in [2.45, 2.75) is 37.9 Å². The summed E-state index contributed by atoms with van der Waals surface area (Å²) in [5.41, 5.74) is 3.21. The maximum atomic E-state index is 13.3. The molecule has 140 valence electrons. The lowest BCUT2D eigenvalue weighted by Crippen LogP contribution is -2.08. The number of aryl methyl sites for hydroxylation is 1. The summed E-state index contributed by atoms with van der Waals surface area (Å²) < 4.78 is 21.3. The number of hydrogen-bond donors (Lipinski definition) is 0. The summed E-state index contributed by atoms with van der Waals surface area (Å²) in [4.78, 5) is 0. The van der Waals surface area contributed by atoms with E-state index >= 15 is 0 Å². The molecule has 0 N–H and O–H groups in total. The van der Waals surface area contributed by atoms with Gasteiger partial charge in [0.2, 0.25) is 0 Å². The molecular weight excluding hydrogens is 361 g/mol. The molecule has 1 aromatic heterocycles. The van der Waals surface area contributed by atoms with Crippen molar-refractivity contribution in [1.82, 2.24) is 14.8 Å². The first-order valence-electron chi connectivity index (χ1n) is 8.67. The molecule has 6 heteroatoms. The minimum Gasteiger partial charge on any atom is -0.485 e. The van der Waals surface area contributed by atoms with Crippen molar-refractivity contribution in [3.8, 4) is 5.75 Å². The van der Waals surface area contributed by atoms with Gasteiger partial charge >= 0.3 is 0 Å². The van der Waals surface area contributed by atoms with Gasteiger partial charge in [0.1, 0.15) is 18.2 Å². The van der Waals surface area contributed by atoms with Crippen LogP contribution in [0.3, 0.4) is 0 Å². The Kier molecular flexibility index (Phi) is 6.29. The van der Waals surface area contributed by atoms with Gasteiger partial charge in [0, 0.05) is 12.3 Å². The lowest BCUT2D eigenvalue weighted by Gasteiger charge is -2.12. The molecule has 0 aliphatic rings. The third-order valence-corrected chi connectivity index (χ3v) is 5.31. The number of hydrogen-bond acceptors (Lipinski definition) is 4. The first-order valence-corrected chi connectivity index (χ1v) is 9.66. The lowest BCUT2D eigenvalue weighted by atomic mass is 10.1. The fourth-order valence-electron chi connectivity index (χ4n) is 2.64. The predicted octanol–water partition coefficient (Wildman–Crippen LogP) is 5.09. The topological polar surface area (TPSA) is 39.9 Å². The van der Waals surface area contributed by atoms with Gasteiger partial charge in [-0.05, 0) is 48.7 Å². The van der Waals surface area contributed by atoms with E-state index in [-0.39, 0.29) is 5.82 Å². The monoisotopic (exact) mass is 383 g/mol. The lowest BCUT2D eigenvalue weighted by molar-refractivity contribution is 0.287. The molecule has 0 unspecified atom stereocenters. The molecule has 0 bridgehead atoms. The van der Waals surface area contributed by atoms with Crippen molar-refractivity contribution in [3.63, 3.8) is 0 Å². The van der Waals surface area contributed by atoms with E-state index in [2.05, 4.69) is 29.8 Å². The van der Waals surface area contributed by atoms with Crippen LogP contribution < -0.4 is 4.74 Å². The van der Waals surface area contributed by atoms with Crippen molar-refractivity contribution in [2.24, 2.45) is 0 Å². The fourth-order valence-corrected chi connectivity index (χ4v) is 3.55. The Hall–Kier alpha value is -2.60. The van der Waals surface area contributed by atoms with E-state index in [1.54, 1.807) is 12.1 Å². The molecule has 0 atom stereocenters. The summed E-state index contributed by atoms with van der Waals surface area (Å²) in [7, 11) is 0. The summed E-state index contributed by atoms with van der Waals surface area (Å²) in [6, 6.07) is 12.6. The average Bonchev–Trinajstić information content (AvgIpc) is 3.03. The molecule has 0 spiro atoms. The first-order chi connectivity index (χ1) is 13.1. The van der Waals surface area contributed by atoms with Crippen LogP contribution in [0.15, 0.2) is 60.3 Å². The van der Waals surface area contributed by atoms with E-state index in [9.17, 15) is 4.39 Å². The highest BCUT2D eigenvalue weighted by molar-refractivity contribution is 7.98. The largest absolute Gasteiger partial charge is 0.485 e. The van der Waals surface area contributed by atoms with Crippen molar-refractivity contribution >= 4 is 11.8 Å². The molecule has 0 amide bonds. The van der Waals surface area contributed by atoms with Crippen molar-refractivity contribution in [1.29, 1.82) is 0 Å². The summed E-state index contributed by atoms with van der Waals surface area (Å²) >= 11 is 1.52. The second-order valence-corrected chi connectivity index (χ2v) is 7.15. The van der Waals surface area contributed by atoms with E-state index in [1.165, 1.54) is 29.5 Å². The maximum Gasteiger partial charge on any atom is 0.191 e. The highest BCUT2D eigenvalue weighted by atomic mass is 32.2. The Morgan fingerprint density at radius 2 is 2.00 bits per heavy atom. The number of allylic oxidation sites excluding steroid dienone is 1. The minimum atomic E-state index is -0.233. The molecule has 1 heterocycles. The van der Waals surface area contributed by atoms with Crippen LogP contribution in [-0.4, -0.2) is 14.8 Å². The number of aromatic nitrogens is 3. The molecule has 27 heavy (non-hydrogen) atoms. The molecule has 0 radical (unpaired) electrons. The molecular formula is C21H22FN3OS. The molecule has 0 aliphatic carbocycles. The molecule has 4 nitrogen and oxygen atoms in total. The van der Waals surface area contributed by atoms with E-state index in [0.29, 0.717) is 18.9 Å². The standard InChI is InChI=1S/C21H22FN3OS/c1-4-11-25-20(13-26-19-10-5-7-15(2)16(19)3)23-24-21(25)27-14-17-8-6-9-18(22)12-17/h4-10,12H,1,11,13-14H2,2-3H3. The quantitative estimate of drug-likeness (QED) is 0.401. The van der Waals surface area contributed by atoms with Crippen molar-refractivity contribution < 1.29 is 9.13 Å².